The first-order valence-electron chi connectivity index (χ1n) is 4.65. The Labute approximate surface area is 90.9 Å². The van der Waals surface area contributed by atoms with Gasteiger partial charge in [0.15, 0.2) is 3.92 Å². The van der Waals surface area contributed by atoms with Gasteiger partial charge in [-0.25, -0.2) is 4.98 Å². The van der Waals surface area contributed by atoms with E-state index >= 15 is 0 Å². The molecule has 1 aromatic heterocycles. The van der Waals surface area contributed by atoms with Crippen molar-refractivity contribution in [3.8, 4) is 0 Å². The highest BCUT2D eigenvalue weighted by atomic mass is 79.9. The van der Waals surface area contributed by atoms with E-state index < -0.39 is 0 Å². The highest BCUT2D eigenvalue weighted by Crippen LogP contribution is 2.20. The molecule has 0 saturated carbocycles. The standard InChI is InChI=1S/C9H13BrN2S/c10-9-12-8(6-13-9)4-7-2-1-3-11-5-7/h6-7,11H,1-5H2. The Balaban J connectivity index is 1.89. The molecule has 0 bridgehead atoms. The Hall–Kier alpha value is 0.0700. The molecule has 1 aromatic rings. The Morgan fingerprint density at radius 3 is 3.23 bits per heavy atom. The molecule has 0 radical (unpaired) electrons. The third kappa shape index (κ3) is 2.76. The summed E-state index contributed by atoms with van der Waals surface area (Å²) in [6, 6.07) is 0. The van der Waals surface area contributed by atoms with Gasteiger partial charge in [-0.05, 0) is 54.2 Å². The highest BCUT2D eigenvalue weighted by molar-refractivity contribution is 9.11. The maximum atomic E-state index is 4.41. The van der Waals surface area contributed by atoms with E-state index in [1.54, 1.807) is 11.3 Å². The molecule has 0 amide bonds. The topological polar surface area (TPSA) is 24.9 Å². The molecule has 0 aromatic carbocycles. The van der Waals surface area contributed by atoms with E-state index in [1.807, 2.05) is 0 Å². The zero-order chi connectivity index (χ0) is 9.10. The summed E-state index contributed by atoms with van der Waals surface area (Å²) in [5.74, 6) is 0.794. The molecule has 4 heteroatoms. The second-order valence-corrected chi connectivity index (χ2v) is 5.64. The fourth-order valence-corrected chi connectivity index (χ4v) is 2.83. The first-order chi connectivity index (χ1) is 6.34. The number of nitrogens with zero attached hydrogens (tertiary/aromatic N) is 1. The summed E-state index contributed by atoms with van der Waals surface area (Å²) < 4.78 is 1.01. The lowest BCUT2D eigenvalue weighted by Gasteiger charge is -2.21. The number of hydrogen-bond donors (Lipinski definition) is 1. The van der Waals surface area contributed by atoms with Crippen LogP contribution in [-0.4, -0.2) is 18.1 Å². The molecule has 1 aliphatic rings. The van der Waals surface area contributed by atoms with Gasteiger partial charge in [0.25, 0.3) is 0 Å². The molecular formula is C9H13BrN2S. The fraction of sp³-hybridized carbons (Fsp3) is 0.667. The van der Waals surface area contributed by atoms with Crippen molar-refractivity contribution in [1.29, 1.82) is 0 Å². The second-order valence-electron chi connectivity index (χ2n) is 3.51. The van der Waals surface area contributed by atoms with E-state index in [4.69, 9.17) is 0 Å². The molecule has 1 N–H and O–H groups in total. The molecule has 2 nitrogen and oxygen atoms in total. The van der Waals surface area contributed by atoms with Gasteiger partial charge < -0.3 is 5.32 Å². The minimum Gasteiger partial charge on any atom is -0.316 e. The first kappa shape index (κ1) is 9.62. The third-order valence-electron chi connectivity index (χ3n) is 2.42. The quantitative estimate of drug-likeness (QED) is 0.884. The Bertz CT molecular complexity index is 268. The fourth-order valence-electron chi connectivity index (χ4n) is 1.77. The van der Waals surface area contributed by atoms with Gasteiger partial charge in [0, 0.05) is 5.38 Å². The second kappa shape index (κ2) is 4.53. The molecular weight excluding hydrogens is 248 g/mol. The minimum atomic E-state index is 0.794. The lowest BCUT2D eigenvalue weighted by molar-refractivity contribution is 0.374. The number of thiazole rings is 1. The van der Waals surface area contributed by atoms with E-state index in [9.17, 15) is 0 Å². The smallest absolute Gasteiger partial charge is 0.159 e. The molecule has 1 fully saturated rings. The van der Waals surface area contributed by atoms with Crippen molar-refractivity contribution in [1.82, 2.24) is 10.3 Å². The van der Waals surface area contributed by atoms with Gasteiger partial charge in [0.2, 0.25) is 0 Å². The van der Waals surface area contributed by atoms with E-state index in [0.717, 1.165) is 22.8 Å². The third-order valence-corrected chi connectivity index (χ3v) is 3.83. The summed E-state index contributed by atoms with van der Waals surface area (Å²) in [5.41, 5.74) is 1.24. The molecule has 2 heterocycles. The maximum Gasteiger partial charge on any atom is 0.159 e. The Kier molecular flexibility index (Phi) is 3.35. The summed E-state index contributed by atoms with van der Waals surface area (Å²) in [6.45, 7) is 2.35. The molecule has 72 valence electrons. The van der Waals surface area contributed by atoms with E-state index in [0.29, 0.717) is 0 Å². The molecule has 0 aliphatic carbocycles. The molecule has 1 aliphatic heterocycles. The number of hydrogen-bond acceptors (Lipinski definition) is 3. The van der Waals surface area contributed by atoms with Crippen molar-refractivity contribution < 1.29 is 0 Å². The van der Waals surface area contributed by atoms with Crippen LogP contribution >= 0.6 is 27.3 Å². The summed E-state index contributed by atoms with van der Waals surface area (Å²) in [4.78, 5) is 4.41. The summed E-state index contributed by atoms with van der Waals surface area (Å²) >= 11 is 5.07. The van der Waals surface area contributed by atoms with Crippen molar-refractivity contribution in [2.45, 2.75) is 19.3 Å². The van der Waals surface area contributed by atoms with Crippen molar-refractivity contribution in [3.63, 3.8) is 0 Å². The molecule has 1 saturated heterocycles. The molecule has 2 rings (SSSR count). The van der Waals surface area contributed by atoms with Crippen molar-refractivity contribution in [3.05, 3.63) is 15.0 Å². The summed E-state index contributed by atoms with van der Waals surface area (Å²) in [6.07, 6.45) is 3.80. The highest BCUT2D eigenvalue weighted by Gasteiger charge is 2.14. The van der Waals surface area contributed by atoms with E-state index in [1.165, 1.54) is 25.1 Å². The van der Waals surface area contributed by atoms with Crippen LogP contribution in [0.5, 0.6) is 0 Å². The van der Waals surface area contributed by atoms with Gasteiger partial charge in [-0.1, -0.05) is 0 Å². The van der Waals surface area contributed by atoms with Gasteiger partial charge in [0.05, 0.1) is 5.69 Å². The van der Waals surface area contributed by atoms with Crippen molar-refractivity contribution in [2.75, 3.05) is 13.1 Å². The molecule has 13 heavy (non-hydrogen) atoms. The van der Waals surface area contributed by atoms with E-state index in [-0.39, 0.29) is 0 Å². The van der Waals surface area contributed by atoms with E-state index in [2.05, 4.69) is 31.6 Å². The Morgan fingerprint density at radius 1 is 1.69 bits per heavy atom. The lowest BCUT2D eigenvalue weighted by Crippen LogP contribution is -2.30. The van der Waals surface area contributed by atoms with Crippen LogP contribution in [-0.2, 0) is 6.42 Å². The Morgan fingerprint density at radius 2 is 2.62 bits per heavy atom. The SMILES string of the molecule is Brc1nc(CC2CCCNC2)cs1. The molecule has 0 spiro atoms. The van der Waals surface area contributed by atoms with Crippen LogP contribution < -0.4 is 5.32 Å². The average Bonchev–Trinajstić information content (AvgIpc) is 2.53. The van der Waals surface area contributed by atoms with Gasteiger partial charge in [-0.3, -0.25) is 0 Å². The van der Waals surface area contributed by atoms with Crippen LogP contribution in [0.4, 0.5) is 0 Å². The van der Waals surface area contributed by atoms with Crippen LogP contribution in [0.25, 0.3) is 0 Å². The zero-order valence-corrected chi connectivity index (χ0v) is 9.83. The van der Waals surface area contributed by atoms with Gasteiger partial charge in [-0.15, -0.1) is 11.3 Å². The van der Waals surface area contributed by atoms with Gasteiger partial charge in [0.1, 0.15) is 0 Å². The predicted octanol–water partition coefficient (Wildman–Crippen LogP) is 2.45. The van der Waals surface area contributed by atoms with Crippen molar-refractivity contribution in [2.24, 2.45) is 5.92 Å². The molecule has 1 atom stereocenters. The largest absolute Gasteiger partial charge is 0.316 e. The van der Waals surface area contributed by atoms with Crippen LogP contribution in [0.3, 0.4) is 0 Å². The number of piperidine rings is 1. The zero-order valence-electron chi connectivity index (χ0n) is 7.42. The average molecular weight is 261 g/mol. The maximum absolute atomic E-state index is 4.41. The van der Waals surface area contributed by atoms with Crippen LogP contribution in [0.15, 0.2) is 9.30 Å². The van der Waals surface area contributed by atoms with Crippen LogP contribution in [0.2, 0.25) is 0 Å². The van der Waals surface area contributed by atoms with Gasteiger partial charge in [-0.2, -0.15) is 0 Å². The van der Waals surface area contributed by atoms with Crippen molar-refractivity contribution >= 4 is 27.3 Å². The van der Waals surface area contributed by atoms with Crippen LogP contribution in [0.1, 0.15) is 18.5 Å². The normalized spacial score (nSPS) is 23.3. The number of halogens is 1. The molecule has 1 unspecified atom stereocenters. The summed E-state index contributed by atoms with van der Waals surface area (Å²) in [5, 5.41) is 5.58. The van der Waals surface area contributed by atoms with Crippen LogP contribution in [0, 0.1) is 5.92 Å². The van der Waals surface area contributed by atoms with Gasteiger partial charge >= 0.3 is 0 Å². The number of nitrogens with one attached hydrogen (secondary N) is 1. The minimum absolute atomic E-state index is 0.794. The summed E-state index contributed by atoms with van der Waals surface area (Å²) in [7, 11) is 0. The lowest BCUT2D eigenvalue weighted by atomic mass is 9.95. The predicted molar refractivity (Wildman–Crippen MR) is 59.1 cm³/mol. The monoisotopic (exact) mass is 260 g/mol. The number of rotatable bonds is 2. The number of aromatic nitrogens is 1. The first-order valence-corrected chi connectivity index (χ1v) is 6.32.